The lowest BCUT2D eigenvalue weighted by Crippen LogP contribution is -2.32. The minimum absolute atomic E-state index is 0.0994. The van der Waals surface area contributed by atoms with Crippen LogP contribution >= 0.6 is 7.26 Å². The SMILES string of the molecule is N#Cc1nc2ccc(C[P+](c3ccccc3)(c3ccccc3)c3ccccc3)cc2o1. The normalized spacial score (nSPS) is 11.3. The van der Waals surface area contributed by atoms with Gasteiger partial charge in [-0.1, -0.05) is 60.7 Å². The van der Waals surface area contributed by atoms with Crippen LogP contribution in [0.4, 0.5) is 0 Å². The second-order valence-electron chi connectivity index (χ2n) is 7.41. The average Bonchev–Trinajstić information content (AvgIpc) is 3.27. The van der Waals surface area contributed by atoms with Crippen LogP contribution in [-0.4, -0.2) is 4.98 Å². The van der Waals surface area contributed by atoms with E-state index in [1.54, 1.807) is 0 Å². The summed E-state index contributed by atoms with van der Waals surface area (Å²) >= 11 is 0. The molecule has 0 aliphatic rings. The van der Waals surface area contributed by atoms with Gasteiger partial charge in [0.2, 0.25) is 0 Å². The molecule has 0 fully saturated rings. The van der Waals surface area contributed by atoms with Crippen molar-refractivity contribution in [2.24, 2.45) is 0 Å². The molecule has 4 aromatic carbocycles. The van der Waals surface area contributed by atoms with Gasteiger partial charge in [-0.05, 0) is 54.1 Å². The van der Waals surface area contributed by atoms with E-state index < -0.39 is 7.26 Å². The maximum absolute atomic E-state index is 9.14. The summed E-state index contributed by atoms with van der Waals surface area (Å²) in [5.41, 5.74) is 2.53. The topological polar surface area (TPSA) is 49.8 Å². The predicted molar refractivity (Wildman–Crippen MR) is 128 cm³/mol. The number of fused-ring (bicyclic) bond motifs is 1. The molecule has 0 N–H and O–H groups in total. The second kappa shape index (κ2) is 8.19. The zero-order chi connectivity index (χ0) is 21.1. The second-order valence-corrected chi connectivity index (χ2v) is 10.9. The van der Waals surface area contributed by atoms with Gasteiger partial charge < -0.3 is 4.42 Å². The molecule has 0 saturated carbocycles. The fraction of sp³-hybridized carbons (Fsp3) is 0.0370. The molecule has 0 aliphatic carbocycles. The van der Waals surface area contributed by atoms with Crippen LogP contribution in [0.25, 0.3) is 11.1 Å². The van der Waals surface area contributed by atoms with Crippen molar-refractivity contribution in [2.45, 2.75) is 6.16 Å². The molecule has 3 nitrogen and oxygen atoms in total. The molecule has 148 valence electrons. The summed E-state index contributed by atoms with van der Waals surface area (Å²) in [5, 5.41) is 13.1. The van der Waals surface area contributed by atoms with Gasteiger partial charge in [0.25, 0.3) is 0 Å². The molecule has 5 aromatic rings. The van der Waals surface area contributed by atoms with E-state index in [2.05, 4.69) is 102 Å². The van der Waals surface area contributed by atoms with Gasteiger partial charge in [-0.3, -0.25) is 0 Å². The van der Waals surface area contributed by atoms with Gasteiger partial charge >= 0.3 is 5.89 Å². The van der Waals surface area contributed by atoms with Crippen LogP contribution in [0.1, 0.15) is 11.5 Å². The average molecular weight is 419 g/mol. The Morgan fingerprint density at radius 1 is 0.710 bits per heavy atom. The molecule has 0 radical (unpaired) electrons. The van der Waals surface area contributed by atoms with Crippen LogP contribution < -0.4 is 15.9 Å². The van der Waals surface area contributed by atoms with Crippen molar-refractivity contribution in [1.82, 2.24) is 4.98 Å². The molecule has 0 bridgehead atoms. The molecule has 4 heteroatoms. The zero-order valence-corrected chi connectivity index (χ0v) is 17.7. The molecule has 0 amide bonds. The van der Waals surface area contributed by atoms with Gasteiger partial charge in [-0.2, -0.15) is 10.2 Å². The van der Waals surface area contributed by atoms with Gasteiger partial charge in [0.15, 0.2) is 11.7 Å². The Morgan fingerprint density at radius 3 is 1.71 bits per heavy atom. The number of oxazole rings is 1. The first-order valence-corrected chi connectivity index (χ1v) is 12.1. The maximum Gasteiger partial charge on any atom is 0.301 e. The summed E-state index contributed by atoms with van der Waals surface area (Å²) in [6.45, 7) is 0. The van der Waals surface area contributed by atoms with Gasteiger partial charge in [0.05, 0.1) is 6.16 Å². The lowest BCUT2D eigenvalue weighted by Gasteiger charge is -2.27. The Bertz CT molecular complexity index is 1260. The minimum atomic E-state index is -1.98. The number of rotatable bonds is 5. The Morgan fingerprint density at radius 2 is 1.23 bits per heavy atom. The first-order chi connectivity index (χ1) is 15.3. The summed E-state index contributed by atoms with van der Waals surface area (Å²) in [6, 6.07) is 40.5. The van der Waals surface area contributed by atoms with E-state index in [4.69, 9.17) is 9.68 Å². The van der Waals surface area contributed by atoms with E-state index >= 15 is 0 Å². The molecule has 0 spiro atoms. The van der Waals surface area contributed by atoms with E-state index in [9.17, 15) is 0 Å². The van der Waals surface area contributed by atoms with Crippen LogP contribution in [-0.2, 0) is 6.16 Å². The van der Waals surface area contributed by atoms with Gasteiger partial charge in [0.1, 0.15) is 28.7 Å². The fourth-order valence-electron chi connectivity index (χ4n) is 4.16. The Labute approximate surface area is 182 Å². The highest BCUT2D eigenvalue weighted by atomic mass is 31.2. The quantitative estimate of drug-likeness (QED) is 0.368. The van der Waals surface area contributed by atoms with Crippen LogP contribution in [0.15, 0.2) is 114 Å². The third kappa shape index (κ3) is 3.52. The van der Waals surface area contributed by atoms with E-state index in [0.717, 1.165) is 11.7 Å². The van der Waals surface area contributed by atoms with Crippen molar-refractivity contribution in [3.63, 3.8) is 0 Å². The van der Waals surface area contributed by atoms with Crippen LogP contribution in [0.5, 0.6) is 0 Å². The van der Waals surface area contributed by atoms with Crippen molar-refractivity contribution >= 4 is 34.3 Å². The van der Waals surface area contributed by atoms with Crippen LogP contribution in [0.2, 0.25) is 0 Å². The van der Waals surface area contributed by atoms with Crippen molar-refractivity contribution < 1.29 is 4.42 Å². The molecule has 0 atom stereocenters. The molecule has 31 heavy (non-hydrogen) atoms. The highest BCUT2D eigenvalue weighted by Gasteiger charge is 2.45. The third-order valence-electron chi connectivity index (χ3n) is 5.56. The van der Waals surface area contributed by atoms with Crippen molar-refractivity contribution in [1.29, 1.82) is 5.26 Å². The molecule has 1 aromatic heterocycles. The molecule has 1 heterocycles. The Hall–Kier alpha value is -3.73. The van der Waals surface area contributed by atoms with Crippen molar-refractivity contribution in [3.8, 4) is 6.07 Å². The molecule has 0 aliphatic heterocycles. The summed E-state index contributed by atoms with van der Waals surface area (Å²) in [4.78, 5) is 4.22. The summed E-state index contributed by atoms with van der Waals surface area (Å²) < 4.78 is 5.63. The minimum Gasteiger partial charge on any atom is -0.428 e. The van der Waals surface area contributed by atoms with E-state index in [-0.39, 0.29) is 5.89 Å². The largest absolute Gasteiger partial charge is 0.428 e. The zero-order valence-electron chi connectivity index (χ0n) is 16.8. The van der Waals surface area contributed by atoms with Crippen LogP contribution in [0, 0.1) is 11.3 Å². The Kier molecular flexibility index (Phi) is 5.08. The van der Waals surface area contributed by atoms with E-state index in [0.29, 0.717) is 11.1 Å². The number of hydrogen-bond acceptors (Lipinski definition) is 3. The summed E-state index contributed by atoms with van der Waals surface area (Å²) in [6.07, 6.45) is 0.851. The number of nitrogens with zero attached hydrogens (tertiary/aromatic N) is 2. The molecule has 0 saturated heterocycles. The lowest BCUT2D eigenvalue weighted by atomic mass is 10.2. The molecule has 0 unspecified atom stereocenters. The highest BCUT2D eigenvalue weighted by Crippen LogP contribution is 2.58. The number of nitriles is 1. The molecule has 5 rings (SSSR count). The monoisotopic (exact) mass is 419 g/mol. The van der Waals surface area contributed by atoms with Crippen molar-refractivity contribution in [2.75, 3.05) is 0 Å². The summed E-state index contributed by atoms with van der Waals surface area (Å²) in [7, 11) is -1.98. The van der Waals surface area contributed by atoms with E-state index in [1.807, 2.05) is 18.2 Å². The first kappa shape index (κ1) is 19.2. The van der Waals surface area contributed by atoms with Gasteiger partial charge in [0, 0.05) is 0 Å². The molecular formula is C27H20N2OP+. The standard InChI is InChI=1S/C27H20N2OP/c28-19-27-29-25-17-16-21(18-26(25)30-27)20-31(22-10-4-1-5-11-22,23-12-6-2-7-13-23)24-14-8-3-9-15-24/h1-18H,20H2/q+1. The van der Waals surface area contributed by atoms with E-state index in [1.165, 1.54) is 15.9 Å². The highest BCUT2D eigenvalue weighted by molar-refractivity contribution is 7.95. The fourth-order valence-corrected chi connectivity index (χ4v) is 8.39. The number of aromatic nitrogens is 1. The Balaban J connectivity index is 1.75. The smallest absolute Gasteiger partial charge is 0.301 e. The number of hydrogen-bond donors (Lipinski definition) is 0. The predicted octanol–water partition coefficient (Wildman–Crippen LogP) is 5.19. The van der Waals surface area contributed by atoms with Crippen LogP contribution in [0.3, 0.4) is 0 Å². The number of benzene rings is 4. The van der Waals surface area contributed by atoms with Gasteiger partial charge in [-0.15, -0.1) is 0 Å². The first-order valence-electron chi connectivity index (χ1n) is 10.1. The molecular weight excluding hydrogens is 399 g/mol. The summed E-state index contributed by atoms with van der Waals surface area (Å²) in [5.74, 6) is 0.0994. The van der Waals surface area contributed by atoms with Crippen molar-refractivity contribution in [3.05, 3.63) is 121 Å². The third-order valence-corrected chi connectivity index (χ3v) is 9.94. The van der Waals surface area contributed by atoms with Gasteiger partial charge in [-0.25, -0.2) is 0 Å². The lowest BCUT2D eigenvalue weighted by molar-refractivity contribution is 0.584. The maximum atomic E-state index is 9.14.